The third-order valence-electron chi connectivity index (χ3n) is 3.64. The average molecular weight is 290 g/mol. The maximum absolute atomic E-state index is 13.7. The zero-order valence-electron chi connectivity index (χ0n) is 12.3. The summed E-state index contributed by atoms with van der Waals surface area (Å²) in [7, 11) is 1.89. The summed E-state index contributed by atoms with van der Waals surface area (Å²) in [5, 5.41) is 0. The van der Waals surface area contributed by atoms with Crippen molar-refractivity contribution in [3.8, 4) is 0 Å². The molecule has 0 fully saturated rings. The van der Waals surface area contributed by atoms with Crippen LogP contribution in [0.5, 0.6) is 0 Å². The molecule has 1 unspecified atom stereocenters. The molecule has 0 saturated carbocycles. The molecule has 2 aromatic rings. The van der Waals surface area contributed by atoms with Gasteiger partial charge in [-0.2, -0.15) is 0 Å². The van der Waals surface area contributed by atoms with Crippen LogP contribution in [0.4, 0.5) is 14.5 Å². The standard InChI is InChI=1S/C17H20F2N2/c1-3-12-7-9-13(10-8-12)21(2)11-16(20)14-5-4-6-15(18)17(14)19/h4-10,16H,3,11,20H2,1-2H3. The van der Waals surface area contributed by atoms with Gasteiger partial charge in [0, 0.05) is 24.8 Å². The molecule has 4 heteroatoms. The molecule has 2 N–H and O–H groups in total. The number of hydrogen-bond donors (Lipinski definition) is 1. The fourth-order valence-electron chi connectivity index (χ4n) is 2.29. The van der Waals surface area contributed by atoms with Gasteiger partial charge < -0.3 is 10.6 Å². The fourth-order valence-corrected chi connectivity index (χ4v) is 2.29. The second-order valence-corrected chi connectivity index (χ2v) is 5.15. The molecule has 112 valence electrons. The van der Waals surface area contributed by atoms with E-state index >= 15 is 0 Å². The Balaban J connectivity index is 2.10. The van der Waals surface area contributed by atoms with Crippen molar-refractivity contribution < 1.29 is 8.78 Å². The highest BCUT2D eigenvalue weighted by molar-refractivity contribution is 5.47. The van der Waals surface area contributed by atoms with Crippen LogP contribution in [0.25, 0.3) is 0 Å². The molecule has 2 rings (SSSR count). The van der Waals surface area contributed by atoms with Crippen LogP contribution >= 0.6 is 0 Å². The first kappa shape index (κ1) is 15.4. The third-order valence-corrected chi connectivity index (χ3v) is 3.64. The number of anilines is 1. The predicted octanol–water partition coefficient (Wildman–Crippen LogP) is 3.66. The average Bonchev–Trinajstić information content (AvgIpc) is 2.50. The highest BCUT2D eigenvalue weighted by atomic mass is 19.2. The molecule has 2 nitrogen and oxygen atoms in total. The molecule has 0 saturated heterocycles. The lowest BCUT2D eigenvalue weighted by Crippen LogP contribution is -2.29. The van der Waals surface area contributed by atoms with E-state index < -0.39 is 17.7 Å². The summed E-state index contributed by atoms with van der Waals surface area (Å²) >= 11 is 0. The zero-order valence-corrected chi connectivity index (χ0v) is 12.3. The van der Waals surface area contributed by atoms with Gasteiger partial charge in [0.15, 0.2) is 11.6 Å². The van der Waals surface area contributed by atoms with E-state index in [0.717, 1.165) is 18.2 Å². The van der Waals surface area contributed by atoms with Gasteiger partial charge in [-0.1, -0.05) is 31.2 Å². The van der Waals surface area contributed by atoms with Gasteiger partial charge in [-0.3, -0.25) is 0 Å². The van der Waals surface area contributed by atoms with Gasteiger partial charge in [0.2, 0.25) is 0 Å². The van der Waals surface area contributed by atoms with Crippen molar-refractivity contribution in [3.05, 3.63) is 65.2 Å². The fraction of sp³-hybridized carbons (Fsp3) is 0.294. The highest BCUT2D eigenvalue weighted by Gasteiger charge is 2.16. The maximum atomic E-state index is 13.7. The van der Waals surface area contributed by atoms with E-state index in [1.54, 1.807) is 0 Å². The number of nitrogens with zero attached hydrogens (tertiary/aromatic N) is 1. The van der Waals surface area contributed by atoms with Crippen molar-refractivity contribution in [2.45, 2.75) is 19.4 Å². The normalized spacial score (nSPS) is 12.2. The van der Waals surface area contributed by atoms with Crippen LogP contribution in [0.15, 0.2) is 42.5 Å². The molecule has 1 atom stereocenters. The maximum Gasteiger partial charge on any atom is 0.163 e. The molecule has 0 aromatic heterocycles. The summed E-state index contributed by atoms with van der Waals surface area (Å²) in [6, 6.07) is 11.6. The van der Waals surface area contributed by atoms with Crippen molar-refractivity contribution in [3.63, 3.8) is 0 Å². The molecule has 2 aromatic carbocycles. The molecule has 0 amide bonds. The summed E-state index contributed by atoms with van der Waals surface area (Å²) in [5.74, 6) is -1.72. The Hall–Kier alpha value is -1.94. The highest BCUT2D eigenvalue weighted by Crippen LogP contribution is 2.21. The van der Waals surface area contributed by atoms with Crippen LogP contribution < -0.4 is 10.6 Å². The lowest BCUT2D eigenvalue weighted by atomic mass is 10.1. The summed E-state index contributed by atoms with van der Waals surface area (Å²) in [4.78, 5) is 1.94. The second-order valence-electron chi connectivity index (χ2n) is 5.15. The van der Waals surface area contributed by atoms with Gasteiger partial charge in [0.25, 0.3) is 0 Å². The Labute approximate surface area is 124 Å². The van der Waals surface area contributed by atoms with E-state index in [0.29, 0.717) is 6.54 Å². The summed E-state index contributed by atoms with van der Waals surface area (Å²) in [6.07, 6.45) is 0.984. The Bertz CT molecular complexity index is 596. The van der Waals surface area contributed by atoms with Crippen LogP contribution in [-0.4, -0.2) is 13.6 Å². The molecule has 0 bridgehead atoms. The first-order valence-electron chi connectivity index (χ1n) is 7.02. The Morgan fingerprint density at radius 2 is 1.76 bits per heavy atom. The largest absolute Gasteiger partial charge is 0.373 e. The van der Waals surface area contributed by atoms with Crippen molar-refractivity contribution in [2.24, 2.45) is 5.73 Å². The van der Waals surface area contributed by atoms with E-state index in [-0.39, 0.29) is 5.56 Å². The molecule has 0 radical (unpaired) electrons. The first-order valence-corrected chi connectivity index (χ1v) is 7.02. The minimum Gasteiger partial charge on any atom is -0.373 e. The molecule has 0 spiro atoms. The van der Waals surface area contributed by atoms with Gasteiger partial charge in [0.05, 0.1) is 6.04 Å². The molecule has 0 heterocycles. The van der Waals surface area contributed by atoms with Crippen LogP contribution in [0.3, 0.4) is 0 Å². The zero-order chi connectivity index (χ0) is 15.4. The van der Waals surface area contributed by atoms with E-state index in [2.05, 4.69) is 19.1 Å². The lowest BCUT2D eigenvalue weighted by Gasteiger charge is -2.24. The molecule has 21 heavy (non-hydrogen) atoms. The van der Waals surface area contributed by atoms with Crippen LogP contribution in [0.1, 0.15) is 24.1 Å². The monoisotopic (exact) mass is 290 g/mol. The van der Waals surface area contributed by atoms with Gasteiger partial charge in [-0.05, 0) is 30.2 Å². The number of aryl methyl sites for hydroxylation is 1. The number of likely N-dealkylation sites (N-methyl/N-ethyl adjacent to an activating group) is 1. The molecule has 0 aliphatic heterocycles. The summed E-state index contributed by atoms with van der Waals surface area (Å²) in [5.41, 5.74) is 8.47. The summed E-state index contributed by atoms with van der Waals surface area (Å²) in [6.45, 7) is 2.51. The smallest absolute Gasteiger partial charge is 0.163 e. The second kappa shape index (κ2) is 6.68. The van der Waals surface area contributed by atoms with Gasteiger partial charge >= 0.3 is 0 Å². The lowest BCUT2D eigenvalue weighted by molar-refractivity contribution is 0.488. The van der Waals surface area contributed by atoms with Crippen molar-refractivity contribution in [1.29, 1.82) is 0 Å². The Kier molecular flexibility index (Phi) is 4.91. The topological polar surface area (TPSA) is 29.3 Å². The van der Waals surface area contributed by atoms with Crippen LogP contribution in [0, 0.1) is 11.6 Å². The Morgan fingerprint density at radius 1 is 1.10 bits per heavy atom. The van der Waals surface area contributed by atoms with Crippen LogP contribution in [0.2, 0.25) is 0 Å². The third kappa shape index (κ3) is 3.58. The van der Waals surface area contributed by atoms with Crippen molar-refractivity contribution in [1.82, 2.24) is 0 Å². The number of rotatable bonds is 5. The Morgan fingerprint density at radius 3 is 2.38 bits per heavy atom. The van der Waals surface area contributed by atoms with E-state index in [4.69, 9.17) is 5.73 Å². The SMILES string of the molecule is CCc1ccc(N(C)CC(N)c2cccc(F)c2F)cc1. The van der Waals surface area contributed by atoms with Crippen molar-refractivity contribution >= 4 is 5.69 Å². The molecule has 0 aliphatic carbocycles. The van der Waals surface area contributed by atoms with Gasteiger partial charge in [-0.25, -0.2) is 8.78 Å². The quantitative estimate of drug-likeness (QED) is 0.910. The van der Waals surface area contributed by atoms with Crippen molar-refractivity contribution in [2.75, 3.05) is 18.5 Å². The van der Waals surface area contributed by atoms with E-state index in [9.17, 15) is 8.78 Å². The van der Waals surface area contributed by atoms with Gasteiger partial charge in [-0.15, -0.1) is 0 Å². The minimum atomic E-state index is -0.863. The van der Waals surface area contributed by atoms with E-state index in [1.165, 1.54) is 17.7 Å². The number of benzene rings is 2. The molecule has 0 aliphatic rings. The number of hydrogen-bond acceptors (Lipinski definition) is 2. The summed E-state index contributed by atoms with van der Waals surface area (Å²) < 4.78 is 27.0. The molecular formula is C17H20F2N2. The van der Waals surface area contributed by atoms with Crippen LogP contribution in [-0.2, 0) is 6.42 Å². The first-order chi connectivity index (χ1) is 10.0. The number of halogens is 2. The molecular weight excluding hydrogens is 270 g/mol. The van der Waals surface area contributed by atoms with Gasteiger partial charge in [0.1, 0.15) is 0 Å². The van der Waals surface area contributed by atoms with E-state index in [1.807, 2.05) is 24.1 Å². The predicted molar refractivity (Wildman–Crippen MR) is 82.4 cm³/mol. The minimum absolute atomic E-state index is 0.201. The number of nitrogens with two attached hydrogens (primary N) is 1.